The Bertz CT molecular complexity index is 1090. The minimum Gasteiger partial charge on any atom is -0.356 e. The summed E-state index contributed by atoms with van der Waals surface area (Å²) in [5.41, 5.74) is 2.14. The summed E-state index contributed by atoms with van der Waals surface area (Å²) in [6.45, 7) is 3.93. The van der Waals surface area contributed by atoms with E-state index in [0.29, 0.717) is 32.5 Å². The van der Waals surface area contributed by atoms with E-state index < -0.39 is 15.9 Å². The highest BCUT2D eigenvalue weighted by Gasteiger charge is 2.34. The predicted octanol–water partition coefficient (Wildman–Crippen LogP) is 2.85. The molecule has 2 aromatic rings. The molecule has 2 fully saturated rings. The van der Waals surface area contributed by atoms with Gasteiger partial charge < -0.3 is 15.2 Å². The van der Waals surface area contributed by atoms with Gasteiger partial charge in [-0.05, 0) is 55.9 Å². The molecule has 2 aliphatic heterocycles. The van der Waals surface area contributed by atoms with Crippen molar-refractivity contribution in [3.63, 3.8) is 0 Å². The van der Waals surface area contributed by atoms with Crippen molar-refractivity contribution in [2.75, 3.05) is 31.5 Å². The lowest BCUT2D eigenvalue weighted by molar-refractivity contribution is -0.120. The number of rotatable bonds is 6. The van der Waals surface area contributed by atoms with Crippen LogP contribution in [0.5, 0.6) is 0 Å². The fourth-order valence-electron chi connectivity index (χ4n) is 4.37. The van der Waals surface area contributed by atoms with Gasteiger partial charge in [0.05, 0.1) is 5.92 Å². The molecule has 0 bridgehead atoms. The third-order valence-corrected chi connectivity index (χ3v) is 8.12. The number of nitrogens with zero attached hydrogens (tertiary/aromatic N) is 2. The summed E-state index contributed by atoms with van der Waals surface area (Å²) in [5.74, 6) is -0.764. The first-order valence-electron chi connectivity index (χ1n) is 11.3. The fourth-order valence-corrected chi connectivity index (χ4v) is 5.89. The predicted molar refractivity (Wildman–Crippen MR) is 122 cm³/mol. The summed E-state index contributed by atoms with van der Waals surface area (Å²) in [6.07, 6.45) is 5.43. The van der Waals surface area contributed by atoms with Crippen LogP contribution < -0.4 is 5.32 Å². The Balaban J connectivity index is 1.44. The smallest absolute Gasteiger partial charge is 0.270 e. The summed E-state index contributed by atoms with van der Waals surface area (Å²) in [6, 6.07) is 9.10. The molecule has 32 heavy (non-hydrogen) atoms. The van der Waals surface area contributed by atoms with Gasteiger partial charge in [-0.1, -0.05) is 19.1 Å². The van der Waals surface area contributed by atoms with Gasteiger partial charge in [0, 0.05) is 38.1 Å². The molecule has 0 saturated carbocycles. The number of anilines is 1. The maximum Gasteiger partial charge on any atom is 0.270 e. The first kappa shape index (κ1) is 22.5. The lowest BCUT2D eigenvalue weighted by atomic mass is 9.98. The number of aromatic amines is 1. The second-order valence-electron chi connectivity index (χ2n) is 8.49. The van der Waals surface area contributed by atoms with Crippen LogP contribution in [0.3, 0.4) is 0 Å². The van der Waals surface area contributed by atoms with Gasteiger partial charge in [0.15, 0.2) is 0 Å². The van der Waals surface area contributed by atoms with Crippen molar-refractivity contribution in [2.24, 2.45) is 5.92 Å². The Hall–Kier alpha value is -2.65. The summed E-state index contributed by atoms with van der Waals surface area (Å²) in [5, 5.41) is 2.93. The van der Waals surface area contributed by atoms with Gasteiger partial charge in [0.2, 0.25) is 15.9 Å². The van der Waals surface area contributed by atoms with Crippen molar-refractivity contribution in [3.8, 4) is 0 Å². The van der Waals surface area contributed by atoms with E-state index in [1.807, 2.05) is 24.3 Å². The normalized spacial score (nSPS) is 19.8. The van der Waals surface area contributed by atoms with Crippen molar-refractivity contribution in [1.82, 2.24) is 14.2 Å². The quantitative estimate of drug-likeness (QED) is 0.695. The van der Waals surface area contributed by atoms with Crippen molar-refractivity contribution < 1.29 is 18.0 Å². The van der Waals surface area contributed by atoms with Crippen LogP contribution in [0.4, 0.5) is 5.69 Å². The number of benzene rings is 1. The molecule has 0 radical (unpaired) electrons. The molecule has 1 aromatic heterocycles. The summed E-state index contributed by atoms with van der Waals surface area (Å²) < 4.78 is 27.8. The Morgan fingerprint density at radius 1 is 1.12 bits per heavy atom. The zero-order valence-electron chi connectivity index (χ0n) is 18.3. The zero-order chi connectivity index (χ0) is 22.7. The monoisotopic (exact) mass is 458 g/mol. The molecule has 3 heterocycles. The van der Waals surface area contributed by atoms with Gasteiger partial charge in [0.25, 0.3) is 5.91 Å². The molecule has 172 valence electrons. The molecule has 2 N–H and O–H groups in total. The molecule has 1 atom stereocenters. The molecular formula is C23H30N4O4S. The highest BCUT2D eigenvalue weighted by atomic mass is 32.2. The van der Waals surface area contributed by atoms with Crippen molar-refractivity contribution in [2.45, 2.75) is 43.9 Å². The number of aryl methyl sites for hydroxylation is 1. The van der Waals surface area contributed by atoms with Gasteiger partial charge in [-0.25, -0.2) is 8.42 Å². The largest absolute Gasteiger partial charge is 0.356 e. The van der Waals surface area contributed by atoms with Crippen LogP contribution in [0.15, 0.2) is 41.4 Å². The minimum absolute atomic E-state index is 0.0664. The average molecular weight is 459 g/mol. The van der Waals surface area contributed by atoms with Crippen molar-refractivity contribution in [3.05, 3.63) is 47.8 Å². The third-order valence-electron chi connectivity index (χ3n) is 6.28. The van der Waals surface area contributed by atoms with Crippen LogP contribution in [0.1, 0.15) is 48.7 Å². The molecule has 4 rings (SSSR count). The van der Waals surface area contributed by atoms with E-state index in [4.69, 9.17) is 0 Å². The highest BCUT2D eigenvalue weighted by molar-refractivity contribution is 7.89. The second-order valence-corrected chi connectivity index (χ2v) is 10.4. The third kappa shape index (κ3) is 4.73. The van der Waals surface area contributed by atoms with E-state index in [0.717, 1.165) is 30.5 Å². The minimum atomic E-state index is -3.80. The van der Waals surface area contributed by atoms with E-state index in [1.165, 1.54) is 16.6 Å². The number of hydrogen-bond acceptors (Lipinski definition) is 4. The number of sulfonamides is 1. The van der Waals surface area contributed by atoms with Gasteiger partial charge in [-0.2, -0.15) is 4.31 Å². The van der Waals surface area contributed by atoms with Gasteiger partial charge >= 0.3 is 0 Å². The number of aromatic nitrogens is 1. The fraction of sp³-hybridized carbons (Fsp3) is 0.478. The topological polar surface area (TPSA) is 103 Å². The van der Waals surface area contributed by atoms with Crippen LogP contribution in [-0.4, -0.2) is 60.6 Å². The molecule has 0 unspecified atom stereocenters. The van der Waals surface area contributed by atoms with Crippen molar-refractivity contribution in [1.29, 1.82) is 0 Å². The number of H-pyrrole nitrogens is 1. The van der Waals surface area contributed by atoms with E-state index in [2.05, 4.69) is 17.2 Å². The van der Waals surface area contributed by atoms with E-state index in [-0.39, 0.29) is 28.9 Å². The average Bonchev–Trinajstić information content (AvgIpc) is 3.52. The molecule has 0 aliphatic carbocycles. The second kappa shape index (κ2) is 9.46. The first-order valence-corrected chi connectivity index (χ1v) is 12.7. The standard InChI is InChI=1S/C23H30N4O4S/c1-2-17-7-5-9-19(13-17)25-22(28)18-8-6-12-27(16-18)32(30,31)20-14-21(24-15-20)23(29)26-10-3-4-11-26/h5,7,9,13-15,18,24H,2-4,6,8,10-12,16H2,1H3,(H,25,28)/t18-/m1/s1. The maximum absolute atomic E-state index is 13.2. The zero-order valence-corrected chi connectivity index (χ0v) is 19.2. The summed E-state index contributed by atoms with van der Waals surface area (Å²) >= 11 is 0. The molecule has 9 heteroatoms. The van der Waals surface area contributed by atoms with E-state index in [1.54, 1.807) is 4.90 Å². The lowest BCUT2D eigenvalue weighted by Crippen LogP contribution is -2.43. The Labute approximate surface area is 189 Å². The van der Waals surface area contributed by atoms with Crippen LogP contribution in [0, 0.1) is 5.92 Å². The van der Waals surface area contributed by atoms with E-state index in [9.17, 15) is 18.0 Å². The SMILES string of the molecule is CCc1cccc(NC(=O)[C@@H]2CCCN(S(=O)(=O)c3c[nH]c(C(=O)N4CCCC4)c3)C2)c1. The van der Waals surface area contributed by atoms with Crippen LogP contribution in [-0.2, 0) is 21.2 Å². The van der Waals surface area contributed by atoms with Gasteiger partial charge in [0.1, 0.15) is 10.6 Å². The molecule has 2 amide bonds. The lowest BCUT2D eigenvalue weighted by Gasteiger charge is -2.31. The van der Waals surface area contributed by atoms with Crippen LogP contribution >= 0.6 is 0 Å². The number of carbonyl (C=O) groups is 2. The summed E-state index contributed by atoms with van der Waals surface area (Å²) in [4.78, 5) is 30.0. The number of amides is 2. The van der Waals surface area contributed by atoms with Crippen LogP contribution in [0.25, 0.3) is 0 Å². The summed E-state index contributed by atoms with van der Waals surface area (Å²) in [7, 11) is -3.80. The molecule has 0 spiro atoms. The number of piperidine rings is 1. The van der Waals surface area contributed by atoms with Gasteiger partial charge in [-0.3, -0.25) is 9.59 Å². The molecule has 8 nitrogen and oxygen atoms in total. The first-order chi connectivity index (χ1) is 15.4. The Morgan fingerprint density at radius 2 is 1.91 bits per heavy atom. The highest BCUT2D eigenvalue weighted by Crippen LogP contribution is 2.26. The van der Waals surface area contributed by atoms with Crippen molar-refractivity contribution >= 4 is 27.5 Å². The van der Waals surface area contributed by atoms with E-state index >= 15 is 0 Å². The number of likely N-dealkylation sites (tertiary alicyclic amines) is 1. The number of hydrogen-bond donors (Lipinski definition) is 2. The number of carbonyl (C=O) groups excluding carboxylic acids is 2. The Morgan fingerprint density at radius 3 is 2.66 bits per heavy atom. The molecular weight excluding hydrogens is 428 g/mol. The van der Waals surface area contributed by atoms with Gasteiger partial charge in [-0.15, -0.1) is 0 Å². The van der Waals surface area contributed by atoms with Crippen LogP contribution in [0.2, 0.25) is 0 Å². The molecule has 2 aliphatic rings. The molecule has 1 aromatic carbocycles. The maximum atomic E-state index is 13.2. The number of nitrogens with one attached hydrogen (secondary N) is 2. The Kier molecular flexibility index (Phi) is 6.66. The molecule has 2 saturated heterocycles.